The zero-order valence-corrected chi connectivity index (χ0v) is 65.5. The number of rotatable bonds is 11. The maximum Gasteiger partial charge on any atom is 0.410 e. The highest BCUT2D eigenvalue weighted by Gasteiger charge is 2.41. The van der Waals surface area contributed by atoms with E-state index in [2.05, 4.69) is 75.4 Å². The fraction of sp³-hybridized carbons (Fsp3) is 0.432. The zero-order chi connectivity index (χ0) is 81.8. The topological polar surface area (TPSA) is 301 Å². The Morgan fingerprint density at radius 2 is 0.807 bits per heavy atom. The van der Waals surface area contributed by atoms with Crippen LogP contribution in [0.25, 0.3) is 22.8 Å². The number of pyridine rings is 2. The molecule has 8 heterocycles. The Morgan fingerprint density at radius 3 is 1.13 bits per heavy atom. The van der Waals surface area contributed by atoms with Gasteiger partial charge in [-0.2, -0.15) is 21.0 Å². The van der Waals surface area contributed by atoms with E-state index in [0.29, 0.717) is 123 Å². The number of amides is 3. The highest BCUT2D eigenvalue weighted by molar-refractivity contribution is 9.08. The van der Waals surface area contributed by atoms with Crippen molar-refractivity contribution in [1.29, 1.82) is 21.0 Å². The number of benzene rings is 4. The van der Waals surface area contributed by atoms with Gasteiger partial charge in [0.1, 0.15) is 35.2 Å². The molecule has 4 aliphatic heterocycles. The number of likely N-dealkylation sites (tertiary alicyclic amines) is 3. The quantitative estimate of drug-likeness (QED) is 0.0898. The van der Waals surface area contributed by atoms with E-state index in [0.717, 1.165) is 50.2 Å². The van der Waals surface area contributed by atoms with Gasteiger partial charge in [0.15, 0.2) is 46.5 Å². The Labute approximate surface area is 709 Å². The molecule has 4 aromatic carbocycles. The number of carboxylic acid groups (broad SMARTS) is 1. The molecule has 119 heavy (non-hydrogen) atoms. The van der Waals surface area contributed by atoms with Gasteiger partial charge >= 0.3 is 18.2 Å². The van der Waals surface area contributed by atoms with Crippen LogP contribution >= 0.6 is 28.3 Å². The number of carboxylic acids is 1. The number of aromatic nitrogens is 6. The van der Waals surface area contributed by atoms with Crippen LogP contribution in [-0.2, 0) is 34.1 Å². The van der Waals surface area contributed by atoms with Crippen molar-refractivity contribution in [2.75, 3.05) is 52.4 Å². The van der Waals surface area contributed by atoms with Crippen molar-refractivity contribution in [3.8, 4) is 47.1 Å². The number of carbonyl (C=O) groups excluding carboxylic acids is 3. The average Bonchev–Trinajstić information content (AvgIpc) is 0.794. The number of hydrogen-bond acceptors (Lipinski definition) is 17. The molecule has 4 aliphatic rings. The fourth-order valence-corrected chi connectivity index (χ4v) is 12.8. The SMILES string of the molecule is C.C.C.C.C.C.CC(C)(C)OC(=O)N1CCC(C#N)(Cc2cccc(F)c2F)CC1.CC(C)(C)OC(=O)N1CCC(C#N)CC1.Cl.Fc1cccc(CBr)c1F.N#CC1(Cc2cccc(F)c2F)CCN(C(=O)c2cccnc2-c2ccncn2)CC1.N#CC1(Cc2cccc(F)c2F)CCNCC1.O=C(O)c1cccnc1-c1ccncn1. The third-order valence-electron chi connectivity index (χ3n) is 18.6. The van der Waals surface area contributed by atoms with Gasteiger partial charge < -0.3 is 34.6 Å². The molecule has 4 fully saturated rings. The number of piperidine rings is 4. The van der Waals surface area contributed by atoms with E-state index in [4.69, 9.17) is 19.8 Å². The van der Waals surface area contributed by atoms with Gasteiger partial charge in [-0.05, 0) is 203 Å². The number of ether oxygens (including phenoxy) is 2. The Kier molecular flexibility index (Phi) is 46.0. The highest BCUT2D eigenvalue weighted by atomic mass is 79.9. The predicted molar refractivity (Wildman–Crippen MR) is 449 cm³/mol. The van der Waals surface area contributed by atoms with Crippen molar-refractivity contribution in [3.63, 3.8) is 0 Å². The summed E-state index contributed by atoms with van der Waals surface area (Å²) >= 11 is 3.04. The van der Waals surface area contributed by atoms with Crippen LogP contribution in [-0.4, -0.2) is 137 Å². The van der Waals surface area contributed by atoms with Gasteiger partial charge in [-0.15, -0.1) is 12.4 Å². The normalized spacial score (nSPS) is 14.5. The molecule has 0 radical (unpaired) electrons. The molecule has 0 atom stereocenters. The summed E-state index contributed by atoms with van der Waals surface area (Å²) in [6.45, 7) is 15.1. The maximum atomic E-state index is 14.1. The standard InChI is InChI=1S/C23H19F2N5O.C18H22F2N2O2.C13H14F2N2.C11H18N2O2.C10H7N3O2.C7H5BrF2.6CH4.ClH/c24-18-5-1-3-16(20(18)25)13-23(14-26)7-11-30(12-8-23)22(31)17-4-2-9-28-21(17)19-6-10-27-15-29-19;1-17(2,3)24-16(23)22-9-7-18(12-21,8-10-22)11-13-5-4-6-14(19)15(13)20;14-11-3-1-2-10(12(11)15)8-13(9-16)4-6-17-7-5-13;1-11(2,3)15-10(14)13-6-4-9(8-12)5-7-13;14-10(15)7-2-1-4-12-9(7)8-3-5-11-6-13-8;8-4-5-2-1-3-6(9)7(5)10;;;;;;;/h1-6,9-10,15H,7-8,11-13H2;4-6H,7-11H2,1-3H3;1-3,17H,4-8H2;9H,4-7H2,1-3H3;1-6H,(H,14,15);1-3H,4H2;6*1H4;1H. The first-order chi connectivity index (χ1) is 53.3. The lowest BCUT2D eigenvalue weighted by Gasteiger charge is -2.38. The summed E-state index contributed by atoms with van der Waals surface area (Å²) in [5.41, 5.74) is 0.221. The summed E-state index contributed by atoms with van der Waals surface area (Å²) < 4.78 is 117. The minimum atomic E-state index is -1.02. The maximum absolute atomic E-state index is 14.1. The predicted octanol–water partition coefficient (Wildman–Crippen LogP) is 20.7. The molecule has 0 saturated carbocycles. The lowest BCUT2D eigenvalue weighted by molar-refractivity contribution is 0.0145. The molecule has 644 valence electrons. The van der Waals surface area contributed by atoms with Crippen molar-refractivity contribution >= 4 is 52.4 Å². The number of nitriles is 4. The number of alkyl halides is 1. The van der Waals surface area contributed by atoms with Crippen LogP contribution in [0.3, 0.4) is 0 Å². The van der Waals surface area contributed by atoms with Crippen molar-refractivity contribution < 1.29 is 68.9 Å². The van der Waals surface area contributed by atoms with Crippen LogP contribution in [0.2, 0.25) is 0 Å². The summed E-state index contributed by atoms with van der Waals surface area (Å²) in [4.78, 5) is 76.8. The second-order valence-corrected chi connectivity index (χ2v) is 29.4. The van der Waals surface area contributed by atoms with Crippen molar-refractivity contribution in [2.24, 2.45) is 22.2 Å². The van der Waals surface area contributed by atoms with Gasteiger partial charge in [-0.3, -0.25) is 14.8 Å². The van der Waals surface area contributed by atoms with Crippen molar-refractivity contribution in [1.82, 2.24) is 49.9 Å². The molecular weight excluding hydrogens is 1630 g/mol. The van der Waals surface area contributed by atoms with E-state index in [1.165, 1.54) is 67.4 Å². The van der Waals surface area contributed by atoms with E-state index in [-0.39, 0.29) is 111 Å². The summed E-state index contributed by atoms with van der Waals surface area (Å²) in [5.74, 6) is -7.99. The van der Waals surface area contributed by atoms with E-state index in [1.54, 1.807) is 90.5 Å². The Bertz CT molecular complexity index is 4690. The first-order valence-corrected chi connectivity index (χ1v) is 37.0. The Hall–Kier alpha value is -11.1. The molecule has 21 nitrogen and oxygen atoms in total. The average molecular weight is 1740 g/mol. The van der Waals surface area contributed by atoms with E-state index in [1.807, 2.05) is 20.8 Å². The molecule has 4 saturated heterocycles. The third-order valence-corrected chi connectivity index (χ3v) is 19.2. The van der Waals surface area contributed by atoms with Crippen LogP contribution < -0.4 is 5.32 Å². The van der Waals surface area contributed by atoms with E-state index >= 15 is 0 Å². The van der Waals surface area contributed by atoms with Crippen LogP contribution in [0.4, 0.5) is 44.7 Å². The van der Waals surface area contributed by atoms with Gasteiger partial charge in [0.2, 0.25) is 0 Å². The number of hydrogen-bond donors (Lipinski definition) is 2. The summed E-state index contributed by atoms with van der Waals surface area (Å²) in [6.07, 6.45) is 13.3. The molecule has 31 heteroatoms. The summed E-state index contributed by atoms with van der Waals surface area (Å²) in [6, 6.07) is 35.1. The van der Waals surface area contributed by atoms with Crippen LogP contribution in [0.1, 0.15) is 180 Å². The molecule has 0 spiro atoms. The molecule has 0 unspecified atom stereocenters. The monoisotopic (exact) mass is 1740 g/mol. The van der Waals surface area contributed by atoms with Crippen LogP contribution in [0.5, 0.6) is 0 Å². The van der Waals surface area contributed by atoms with E-state index < -0.39 is 86.0 Å². The van der Waals surface area contributed by atoms with Gasteiger partial charge in [0.05, 0.1) is 63.0 Å². The number of nitrogens with zero attached hydrogens (tertiary/aromatic N) is 13. The van der Waals surface area contributed by atoms with Crippen molar-refractivity contribution in [3.05, 3.63) is 227 Å². The molecule has 12 rings (SSSR count). The van der Waals surface area contributed by atoms with Gasteiger partial charge in [-0.25, -0.2) is 69.4 Å². The smallest absolute Gasteiger partial charge is 0.410 e. The molecule has 4 aromatic heterocycles. The minimum absolute atomic E-state index is 0. The molecular formula is C88H110BrClF8N14O7. The van der Waals surface area contributed by atoms with Gasteiger partial charge in [0.25, 0.3) is 5.91 Å². The first kappa shape index (κ1) is 108. The third kappa shape index (κ3) is 31.6. The molecule has 0 bridgehead atoms. The molecule has 8 aromatic rings. The number of halogens is 10. The lowest BCUT2D eigenvalue weighted by Crippen LogP contribution is -2.45. The molecule has 0 aliphatic carbocycles. The summed E-state index contributed by atoms with van der Waals surface area (Å²) in [5, 5.41) is 49.8. The fourth-order valence-electron chi connectivity index (χ4n) is 12.4. The summed E-state index contributed by atoms with van der Waals surface area (Å²) in [7, 11) is 0. The number of nitrogens with one attached hydrogen (secondary N) is 1. The largest absolute Gasteiger partial charge is 0.478 e. The van der Waals surface area contributed by atoms with Crippen LogP contribution in [0.15, 0.2) is 147 Å². The molecule has 2 N–H and O–H groups in total. The van der Waals surface area contributed by atoms with Gasteiger partial charge in [0, 0.05) is 80.9 Å². The highest BCUT2D eigenvalue weighted by Crippen LogP contribution is 2.39. The first-order valence-electron chi connectivity index (χ1n) is 35.8. The Balaban J connectivity index is 0.00000143. The second kappa shape index (κ2) is 50.7. The van der Waals surface area contributed by atoms with E-state index in [9.17, 15) is 70.1 Å². The zero-order valence-electron chi connectivity index (χ0n) is 63.1. The minimum Gasteiger partial charge on any atom is -0.478 e. The molecule has 3 amide bonds. The van der Waals surface area contributed by atoms with Gasteiger partial charge in [-0.1, -0.05) is 109 Å². The van der Waals surface area contributed by atoms with Crippen LogP contribution in [0, 0.1) is 114 Å². The number of aromatic carboxylic acids is 1. The number of carbonyl (C=O) groups is 4. The lowest BCUT2D eigenvalue weighted by atomic mass is 9.75. The Morgan fingerprint density at radius 1 is 0.471 bits per heavy atom. The van der Waals surface area contributed by atoms with Crippen molar-refractivity contribution in [2.45, 2.75) is 173 Å². The second-order valence-electron chi connectivity index (χ2n) is 28.9.